The highest BCUT2D eigenvalue weighted by Gasteiger charge is 2.34. The monoisotopic (exact) mass is 617 g/mol. The number of hydrogen-bond donors (Lipinski definition) is 1. The number of benzene rings is 3. The van der Waals surface area contributed by atoms with Crippen LogP contribution in [-0.4, -0.2) is 44.3 Å². The molecule has 7 nitrogen and oxygen atoms in total. The molecule has 0 aliphatic rings. The van der Waals surface area contributed by atoms with Gasteiger partial charge in [0.2, 0.25) is 11.8 Å². The fraction of sp³-hybridized carbons (Fsp3) is 0.355. The summed E-state index contributed by atoms with van der Waals surface area (Å²) >= 11 is 12.8. The molecule has 0 bridgehead atoms. The second-order valence-corrected chi connectivity index (χ2v) is 13.1. The molecule has 10 heteroatoms. The summed E-state index contributed by atoms with van der Waals surface area (Å²) in [4.78, 5) is 28.9. The topological polar surface area (TPSA) is 86.8 Å². The van der Waals surface area contributed by atoms with Crippen LogP contribution in [-0.2, 0) is 26.2 Å². The molecule has 0 fully saturated rings. The molecule has 1 N–H and O–H groups in total. The van der Waals surface area contributed by atoms with Crippen molar-refractivity contribution in [3.63, 3.8) is 0 Å². The molecule has 0 spiro atoms. The summed E-state index contributed by atoms with van der Waals surface area (Å²) < 4.78 is 29.2. The van der Waals surface area contributed by atoms with Crippen molar-refractivity contribution in [3.8, 4) is 0 Å². The van der Waals surface area contributed by atoms with Gasteiger partial charge in [0.15, 0.2) is 0 Å². The van der Waals surface area contributed by atoms with Gasteiger partial charge < -0.3 is 10.2 Å². The van der Waals surface area contributed by atoms with E-state index in [2.05, 4.69) is 5.32 Å². The van der Waals surface area contributed by atoms with Crippen molar-refractivity contribution in [1.82, 2.24) is 10.2 Å². The average Bonchev–Trinajstić information content (AvgIpc) is 2.93. The average molecular weight is 619 g/mol. The maximum absolute atomic E-state index is 14.2. The minimum atomic E-state index is -4.19. The Kier molecular flexibility index (Phi) is 11.2. The molecule has 0 saturated carbocycles. The predicted molar refractivity (Wildman–Crippen MR) is 166 cm³/mol. The molecule has 0 unspecified atom stereocenters. The quantitative estimate of drug-likeness (QED) is 0.255. The Bertz CT molecular complexity index is 1480. The Morgan fingerprint density at radius 2 is 1.54 bits per heavy atom. The predicted octanol–water partition coefficient (Wildman–Crippen LogP) is 6.39. The fourth-order valence-corrected chi connectivity index (χ4v) is 6.21. The van der Waals surface area contributed by atoms with Gasteiger partial charge >= 0.3 is 0 Å². The van der Waals surface area contributed by atoms with Crippen LogP contribution in [0.1, 0.15) is 43.9 Å². The lowest BCUT2D eigenvalue weighted by atomic mass is 10.1. The summed E-state index contributed by atoms with van der Waals surface area (Å²) in [6, 6.07) is 17.6. The zero-order valence-corrected chi connectivity index (χ0v) is 26.4. The third-order valence-corrected chi connectivity index (χ3v) is 9.32. The van der Waals surface area contributed by atoms with Crippen molar-refractivity contribution in [2.75, 3.05) is 17.4 Å². The van der Waals surface area contributed by atoms with E-state index in [-0.39, 0.29) is 29.0 Å². The number of hydrogen-bond acceptors (Lipinski definition) is 4. The van der Waals surface area contributed by atoms with Crippen molar-refractivity contribution >= 4 is 50.7 Å². The van der Waals surface area contributed by atoms with Gasteiger partial charge in [0.1, 0.15) is 12.6 Å². The summed E-state index contributed by atoms with van der Waals surface area (Å²) in [5.74, 6) is -0.648. The Morgan fingerprint density at radius 1 is 0.902 bits per heavy atom. The first-order valence-corrected chi connectivity index (χ1v) is 15.7. The number of aryl methyl sites for hydroxylation is 1. The van der Waals surface area contributed by atoms with Gasteiger partial charge in [-0.3, -0.25) is 13.9 Å². The Hall–Kier alpha value is -3.07. The van der Waals surface area contributed by atoms with E-state index >= 15 is 0 Å². The van der Waals surface area contributed by atoms with E-state index in [9.17, 15) is 18.0 Å². The standard InChI is InChI=1S/C31H37Cl2N3O4S/c1-6-28(31(38)34-18-21(2)3)35(19-24-10-7-8-11-27(24)33)30(37)20-36(29-13-9-12-26(32)23(29)5)41(39,40)25-16-14-22(4)15-17-25/h7-17,21,28H,6,18-20H2,1-5H3,(H,34,38)/t28-/m1/s1. The van der Waals surface area contributed by atoms with Crippen LogP contribution in [0.2, 0.25) is 10.0 Å². The van der Waals surface area contributed by atoms with Crippen molar-refractivity contribution < 1.29 is 18.0 Å². The van der Waals surface area contributed by atoms with Gasteiger partial charge in [0.05, 0.1) is 10.6 Å². The number of amides is 2. The summed E-state index contributed by atoms with van der Waals surface area (Å²) in [5.41, 5.74) is 2.33. The normalized spacial score (nSPS) is 12.2. The SMILES string of the molecule is CC[C@H](C(=O)NCC(C)C)N(Cc1ccccc1Cl)C(=O)CN(c1cccc(Cl)c1C)S(=O)(=O)c1ccc(C)cc1. The van der Waals surface area contributed by atoms with Crippen molar-refractivity contribution in [1.29, 1.82) is 0 Å². The second kappa shape index (κ2) is 14.2. The molecule has 0 aliphatic heterocycles. The van der Waals surface area contributed by atoms with Crippen LogP contribution in [0.15, 0.2) is 71.6 Å². The van der Waals surface area contributed by atoms with E-state index in [1.165, 1.54) is 17.0 Å². The number of carbonyl (C=O) groups is 2. The molecule has 0 saturated heterocycles. The first-order valence-electron chi connectivity index (χ1n) is 13.5. The lowest BCUT2D eigenvalue weighted by Gasteiger charge is -2.34. The van der Waals surface area contributed by atoms with Crippen LogP contribution in [0.4, 0.5) is 5.69 Å². The lowest BCUT2D eigenvalue weighted by molar-refractivity contribution is -0.140. The first kappa shape index (κ1) is 32.4. The highest BCUT2D eigenvalue weighted by molar-refractivity contribution is 7.92. The minimum Gasteiger partial charge on any atom is -0.354 e. The van der Waals surface area contributed by atoms with E-state index in [4.69, 9.17) is 23.2 Å². The molecule has 220 valence electrons. The van der Waals surface area contributed by atoms with Crippen LogP contribution in [0.25, 0.3) is 0 Å². The number of anilines is 1. The molecule has 3 aromatic carbocycles. The largest absolute Gasteiger partial charge is 0.354 e. The molecule has 0 radical (unpaired) electrons. The van der Waals surface area contributed by atoms with Gasteiger partial charge in [-0.05, 0) is 67.6 Å². The highest BCUT2D eigenvalue weighted by Crippen LogP contribution is 2.31. The maximum Gasteiger partial charge on any atom is 0.264 e. The molecule has 2 amide bonds. The second-order valence-electron chi connectivity index (χ2n) is 10.4. The molecular weight excluding hydrogens is 581 g/mol. The van der Waals surface area contributed by atoms with E-state index in [1.807, 2.05) is 27.7 Å². The third-order valence-electron chi connectivity index (χ3n) is 6.76. The Balaban J connectivity index is 2.10. The van der Waals surface area contributed by atoms with Crippen molar-refractivity contribution in [3.05, 3.63) is 93.5 Å². The zero-order chi connectivity index (χ0) is 30.3. The van der Waals surface area contributed by atoms with E-state index in [0.29, 0.717) is 34.1 Å². The molecule has 1 atom stereocenters. The van der Waals surface area contributed by atoms with Gasteiger partial charge in [-0.15, -0.1) is 0 Å². The molecule has 41 heavy (non-hydrogen) atoms. The number of sulfonamides is 1. The van der Waals surface area contributed by atoms with Crippen LogP contribution in [0.3, 0.4) is 0 Å². The summed E-state index contributed by atoms with van der Waals surface area (Å²) in [6.45, 7) is 9.27. The number of rotatable bonds is 12. The number of nitrogens with one attached hydrogen (secondary N) is 1. The lowest BCUT2D eigenvalue weighted by Crippen LogP contribution is -2.52. The molecule has 3 rings (SSSR count). The van der Waals surface area contributed by atoms with E-state index in [1.54, 1.807) is 61.5 Å². The molecule has 3 aromatic rings. The molecule has 0 heterocycles. The molecule has 0 aromatic heterocycles. The third kappa shape index (κ3) is 8.03. The number of nitrogens with zero attached hydrogens (tertiary/aromatic N) is 2. The highest BCUT2D eigenvalue weighted by atomic mass is 35.5. The molecular formula is C31H37Cl2N3O4S. The van der Waals surface area contributed by atoms with Crippen LogP contribution in [0.5, 0.6) is 0 Å². The summed E-state index contributed by atoms with van der Waals surface area (Å²) in [6.07, 6.45) is 0.320. The van der Waals surface area contributed by atoms with Crippen LogP contribution < -0.4 is 9.62 Å². The van der Waals surface area contributed by atoms with E-state index < -0.39 is 28.5 Å². The number of carbonyl (C=O) groups excluding carboxylic acids is 2. The zero-order valence-electron chi connectivity index (χ0n) is 24.0. The maximum atomic E-state index is 14.2. The Labute approximate surface area is 253 Å². The van der Waals surface area contributed by atoms with Gasteiger partial charge in [0.25, 0.3) is 10.0 Å². The number of halogens is 2. The van der Waals surface area contributed by atoms with E-state index in [0.717, 1.165) is 9.87 Å². The summed E-state index contributed by atoms with van der Waals surface area (Å²) in [7, 11) is -4.19. The molecule has 0 aliphatic carbocycles. The van der Waals surface area contributed by atoms with Gasteiger partial charge in [-0.25, -0.2) is 8.42 Å². The van der Waals surface area contributed by atoms with Gasteiger partial charge in [-0.1, -0.05) is 85.9 Å². The fourth-order valence-electron chi connectivity index (χ4n) is 4.37. The van der Waals surface area contributed by atoms with Gasteiger partial charge in [-0.2, -0.15) is 0 Å². The van der Waals surface area contributed by atoms with Crippen molar-refractivity contribution in [2.45, 2.75) is 58.5 Å². The van der Waals surface area contributed by atoms with Gasteiger partial charge in [0, 0.05) is 23.1 Å². The minimum absolute atomic E-state index is 0.0268. The Morgan fingerprint density at radius 3 is 2.15 bits per heavy atom. The summed E-state index contributed by atoms with van der Waals surface area (Å²) in [5, 5.41) is 3.73. The van der Waals surface area contributed by atoms with Crippen LogP contribution in [0, 0.1) is 19.8 Å². The van der Waals surface area contributed by atoms with Crippen LogP contribution >= 0.6 is 23.2 Å². The first-order chi connectivity index (χ1) is 19.4. The smallest absolute Gasteiger partial charge is 0.264 e. The van der Waals surface area contributed by atoms with Crippen molar-refractivity contribution in [2.24, 2.45) is 5.92 Å².